The van der Waals surface area contributed by atoms with Crippen LogP contribution in [0.1, 0.15) is 69.2 Å². The Kier molecular flexibility index (Phi) is 22.5. The van der Waals surface area contributed by atoms with Crippen LogP contribution in [0, 0.1) is 5.41 Å². The van der Waals surface area contributed by atoms with Crippen LogP contribution in [-0.2, 0) is 0 Å². The zero-order valence-electron chi connectivity index (χ0n) is 11.4. The van der Waals surface area contributed by atoms with E-state index in [-0.39, 0.29) is 14.9 Å². The molecule has 1 aliphatic rings. The zero-order chi connectivity index (χ0) is 12.3. The zero-order valence-corrected chi connectivity index (χ0v) is 11.4. The van der Waals surface area contributed by atoms with E-state index in [1.165, 1.54) is 18.4 Å². The van der Waals surface area contributed by atoms with Crippen LogP contribution in [0.25, 0.3) is 0 Å². The predicted molar refractivity (Wildman–Crippen MR) is 86.6 cm³/mol. The maximum absolute atomic E-state index is 3.82. The highest BCUT2D eigenvalue weighted by molar-refractivity contribution is 5.32. The first-order valence-electron chi connectivity index (χ1n) is 6.19. The Balaban J connectivity index is -0.000000128. The van der Waals surface area contributed by atoms with E-state index in [0.29, 0.717) is 5.41 Å². The van der Waals surface area contributed by atoms with Gasteiger partial charge < -0.3 is 0 Å². The Hall–Kier alpha value is -0.780. The van der Waals surface area contributed by atoms with E-state index < -0.39 is 0 Å². The predicted octanol–water partition coefficient (Wildman–Crippen LogP) is 6.80. The summed E-state index contributed by atoms with van der Waals surface area (Å²) >= 11 is 0. The fourth-order valence-electron chi connectivity index (χ4n) is 1.19. The maximum Gasteiger partial charge on any atom is -0.00748 e. The molecule has 0 aromatic carbocycles. The van der Waals surface area contributed by atoms with Crippen molar-refractivity contribution in [3.8, 4) is 0 Å². The molecule has 0 heterocycles. The minimum Gasteiger partial charge on any atom is -0.0988 e. The van der Waals surface area contributed by atoms with Gasteiger partial charge in [-0.1, -0.05) is 80.4 Å². The number of rotatable bonds is 3. The fourth-order valence-corrected chi connectivity index (χ4v) is 1.19. The summed E-state index contributed by atoms with van der Waals surface area (Å²) in [7, 11) is 0. The molecule has 0 atom stereocenters. The molecule has 1 fully saturated rings. The highest BCUT2D eigenvalue weighted by Gasteiger charge is 2.39. The van der Waals surface area contributed by atoms with Gasteiger partial charge in [0.2, 0.25) is 0 Å². The van der Waals surface area contributed by atoms with Crippen LogP contribution in [0.3, 0.4) is 0 Å². The lowest BCUT2D eigenvalue weighted by molar-refractivity contribution is 0.710. The van der Waals surface area contributed by atoms with Crippen LogP contribution in [0.15, 0.2) is 36.5 Å². The summed E-state index contributed by atoms with van der Waals surface area (Å²) in [6, 6.07) is 0. The molecule has 0 heteroatoms. The molecule has 0 aliphatic heterocycles. The van der Waals surface area contributed by atoms with Gasteiger partial charge in [-0.2, -0.15) is 0 Å². The third kappa shape index (κ3) is 10.1. The lowest BCUT2D eigenvalue weighted by Gasteiger charge is -2.07. The largest absolute Gasteiger partial charge is 0.0988 e. The van der Waals surface area contributed by atoms with Crippen molar-refractivity contribution in [2.45, 2.75) is 69.2 Å². The molecule has 0 unspecified atom stereocenters. The van der Waals surface area contributed by atoms with Gasteiger partial charge in [-0.15, -0.1) is 0 Å². The molecule has 0 bridgehead atoms. The van der Waals surface area contributed by atoms with Gasteiger partial charge in [0, 0.05) is 0 Å². The minimum absolute atomic E-state index is 0. The smallest absolute Gasteiger partial charge is 0.00748 e. The molecule has 0 radical (unpaired) electrons. The summed E-state index contributed by atoms with van der Waals surface area (Å²) in [5.41, 5.74) is 1.84. The lowest BCUT2D eigenvalue weighted by atomic mass is 9.98. The van der Waals surface area contributed by atoms with Crippen molar-refractivity contribution in [2.24, 2.45) is 5.41 Å². The second-order valence-corrected chi connectivity index (χ2v) is 3.41. The Morgan fingerprint density at radius 3 is 1.71 bits per heavy atom. The van der Waals surface area contributed by atoms with Gasteiger partial charge in [-0.3, -0.25) is 0 Å². The molecule has 1 rings (SSSR count). The second-order valence-electron chi connectivity index (χ2n) is 3.41. The Bertz CT molecular complexity index is 202. The van der Waals surface area contributed by atoms with Gasteiger partial charge in [0.05, 0.1) is 0 Å². The SMILES string of the molecule is C.C.C=C/C(=C\C=C/C)C1(C)CC1.CC.CC. The Morgan fingerprint density at radius 1 is 1.06 bits per heavy atom. The monoisotopic (exact) mass is 240 g/mol. The first kappa shape index (κ1) is 25.2. The van der Waals surface area contributed by atoms with Crippen LogP contribution in [0.2, 0.25) is 0 Å². The van der Waals surface area contributed by atoms with Crippen LogP contribution in [-0.4, -0.2) is 0 Å². The fraction of sp³-hybridized carbons (Fsp3) is 0.647. The molecule has 1 aliphatic carbocycles. The summed E-state index contributed by atoms with van der Waals surface area (Å²) in [6.45, 7) is 16.1. The minimum atomic E-state index is 0. The van der Waals surface area contributed by atoms with Crippen molar-refractivity contribution in [3.05, 3.63) is 36.5 Å². The Labute approximate surface area is 112 Å². The van der Waals surface area contributed by atoms with E-state index >= 15 is 0 Å². The first-order chi connectivity index (χ1) is 7.23. The lowest BCUT2D eigenvalue weighted by Crippen LogP contribution is -1.94. The number of hydrogen-bond acceptors (Lipinski definition) is 0. The van der Waals surface area contributed by atoms with Gasteiger partial charge in [-0.25, -0.2) is 0 Å². The van der Waals surface area contributed by atoms with Gasteiger partial charge in [0.25, 0.3) is 0 Å². The number of allylic oxidation sites excluding steroid dienone is 5. The van der Waals surface area contributed by atoms with E-state index in [1.807, 2.05) is 40.7 Å². The van der Waals surface area contributed by atoms with Crippen molar-refractivity contribution >= 4 is 0 Å². The normalized spacial score (nSPS) is 15.1. The highest BCUT2D eigenvalue weighted by atomic mass is 14.4. The standard InChI is InChI=1S/C11H16.2C2H6.2CH4/c1-4-6-7-10(5-2)11(3)8-9-11;2*1-2;;/h4-7H,2,8-9H2,1,3H3;2*1-2H3;2*1H4/b6-4-,10-7+;;;;. The van der Waals surface area contributed by atoms with E-state index in [1.54, 1.807) is 0 Å². The quantitative estimate of drug-likeness (QED) is 0.476. The van der Waals surface area contributed by atoms with Crippen LogP contribution < -0.4 is 0 Å². The molecule has 0 saturated heterocycles. The summed E-state index contributed by atoms with van der Waals surface area (Å²) in [5.74, 6) is 0. The molecule has 0 aromatic heterocycles. The van der Waals surface area contributed by atoms with Gasteiger partial charge in [0.15, 0.2) is 0 Å². The van der Waals surface area contributed by atoms with Gasteiger partial charge in [0.1, 0.15) is 0 Å². The molecular formula is C17H36. The van der Waals surface area contributed by atoms with Crippen molar-refractivity contribution in [2.75, 3.05) is 0 Å². The topological polar surface area (TPSA) is 0 Å². The Morgan fingerprint density at radius 2 is 1.47 bits per heavy atom. The third-order valence-corrected chi connectivity index (χ3v) is 2.39. The molecule has 0 aromatic rings. The van der Waals surface area contributed by atoms with Crippen molar-refractivity contribution in [3.63, 3.8) is 0 Å². The van der Waals surface area contributed by atoms with E-state index in [2.05, 4.69) is 31.7 Å². The summed E-state index contributed by atoms with van der Waals surface area (Å²) in [4.78, 5) is 0. The van der Waals surface area contributed by atoms with E-state index in [4.69, 9.17) is 0 Å². The average Bonchev–Trinajstić information content (AvgIpc) is 3.04. The molecule has 0 amide bonds. The van der Waals surface area contributed by atoms with Gasteiger partial charge >= 0.3 is 0 Å². The van der Waals surface area contributed by atoms with Crippen molar-refractivity contribution in [1.29, 1.82) is 0 Å². The van der Waals surface area contributed by atoms with Gasteiger partial charge in [-0.05, 0) is 30.8 Å². The summed E-state index contributed by atoms with van der Waals surface area (Å²) in [5, 5.41) is 0. The van der Waals surface area contributed by atoms with Crippen molar-refractivity contribution < 1.29 is 0 Å². The molecule has 0 spiro atoms. The molecule has 0 nitrogen and oxygen atoms in total. The average molecular weight is 240 g/mol. The summed E-state index contributed by atoms with van der Waals surface area (Å²) < 4.78 is 0. The highest BCUT2D eigenvalue weighted by Crippen LogP contribution is 2.51. The number of hydrogen-bond donors (Lipinski definition) is 0. The molecule has 17 heavy (non-hydrogen) atoms. The van der Waals surface area contributed by atoms with Crippen LogP contribution in [0.4, 0.5) is 0 Å². The van der Waals surface area contributed by atoms with Crippen LogP contribution >= 0.6 is 0 Å². The van der Waals surface area contributed by atoms with Crippen LogP contribution in [0.5, 0.6) is 0 Å². The maximum atomic E-state index is 3.82. The summed E-state index contributed by atoms with van der Waals surface area (Å²) in [6.07, 6.45) is 10.9. The third-order valence-electron chi connectivity index (χ3n) is 2.39. The second kappa shape index (κ2) is 15.2. The molecule has 1 saturated carbocycles. The molecule has 104 valence electrons. The van der Waals surface area contributed by atoms with Crippen molar-refractivity contribution in [1.82, 2.24) is 0 Å². The van der Waals surface area contributed by atoms with E-state index in [9.17, 15) is 0 Å². The van der Waals surface area contributed by atoms with E-state index in [0.717, 1.165) is 0 Å². The molecular weight excluding hydrogens is 204 g/mol. The first-order valence-corrected chi connectivity index (χ1v) is 6.19. The molecule has 0 N–H and O–H groups in total.